The highest BCUT2D eigenvalue weighted by atomic mass is 16.3. The molecule has 1 aliphatic carbocycles. The number of hydrogen-bond donors (Lipinski definition) is 3. The van der Waals surface area contributed by atoms with Crippen molar-refractivity contribution in [1.29, 1.82) is 0 Å². The first-order valence-electron chi connectivity index (χ1n) is 20.4. The van der Waals surface area contributed by atoms with Gasteiger partial charge in [-0.1, -0.05) is 54.6 Å². The quantitative estimate of drug-likeness (QED) is 0.184. The first-order valence-corrected chi connectivity index (χ1v) is 20.4. The van der Waals surface area contributed by atoms with Crippen LogP contribution in [0.2, 0.25) is 0 Å². The minimum absolute atomic E-state index is 0.180. The number of phenolic OH excluding ortho intramolecular Hbond substituents is 1. The highest BCUT2D eigenvalue weighted by Crippen LogP contribution is 2.55. The van der Waals surface area contributed by atoms with E-state index < -0.39 is 5.41 Å². The standard InChI is InChI=1S/C45H51N7O4/c53-40-9-5-4-8-37(40)39-26-36(27-46-49-39)51-24-20-45(21-25-51,33-6-2-1-3-7-33)43(56)52-29-44(30-52)19-16-34(44)28-50-22-17-32(18-23-50)31-10-12-35(13-11-31)47-38-14-15-41(54)48-42(38)55/h1-13,26-27,32,34,38,47,53H,14-25,28-30H2,(H,48,54,55)/t34?,38-/m1/s1. The predicted molar refractivity (Wildman–Crippen MR) is 215 cm³/mol. The van der Waals surface area contributed by atoms with Gasteiger partial charge in [-0.15, -0.1) is 0 Å². The van der Waals surface area contributed by atoms with E-state index in [0.717, 1.165) is 88.4 Å². The molecule has 3 N–H and O–H groups in total. The number of nitrogens with zero attached hydrogens (tertiary/aromatic N) is 5. The molecule has 0 bridgehead atoms. The van der Waals surface area contributed by atoms with Gasteiger partial charge in [0.15, 0.2) is 0 Å². The Balaban J connectivity index is 0.791. The largest absolute Gasteiger partial charge is 0.507 e. The number of benzene rings is 3. The number of aromatic hydroxyl groups is 1. The van der Waals surface area contributed by atoms with Crippen LogP contribution in [0.3, 0.4) is 0 Å². The number of likely N-dealkylation sites (tertiary alicyclic amines) is 2. The molecule has 1 aromatic heterocycles. The maximum atomic E-state index is 14.7. The van der Waals surface area contributed by atoms with E-state index in [-0.39, 0.29) is 34.9 Å². The fraction of sp³-hybridized carbons (Fsp3) is 0.444. The van der Waals surface area contributed by atoms with E-state index in [2.05, 4.69) is 84.1 Å². The van der Waals surface area contributed by atoms with Gasteiger partial charge in [0.05, 0.1) is 23.0 Å². The van der Waals surface area contributed by atoms with Crippen molar-refractivity contribution in [2.75, 3.05) is 56.0 Å². The maximum Gasteiger partial charge on any atom is 0.249 e. The van der Waals surface area contributed by atoms with Gasteiger partial charge in [0.2, 0.25) is 17.7 Å². The molecular weight excluding hydrogens is 703 g/mol. The molecule has 1 saturated carbocycles. The number of piperidine rings is 3. The molecule has 56 heavy (non-hydrogen) atoms. The number of imide groups is 1. The fourth-order valence-electron chi connectivity index (χ4n) is 10.1. The molecule has 5 heterocycles. The van der Waals surface area contributed by atoms with Gasteiger partial charge in [-0.25, -0.2) is 0 Å². The molecule has 4 aliphatic heterocycles. The Bertz CT molecular complexity index is 2070. The topological polar surface area (TPSA) is 131 Å². The molecule has 5 fully saturated rings. The Morgan fingerprint density at radius 2 is 1.59 bits per heavy atom. The lowest BCUT2D eigenvalue weighted by Gasteiger charge is -2.63. The van der Waals surface area contributed by atoms with Crippen molar-refractivity contribution in [2.45, 2.75) is 68.7 Å². The average Bonchev–Trinajstić information content (AvgIpc) is 3.21. The molecule has 290 valence electrons. The molecule has 0 radical (unpaired) electrons. The smallest absolute Gasteiger partial charge is 0.249 e. The van der Waals surface area contributed by atoms with Crippen LogP contribution in [0.5, 0.6) is 5.75 Å². The average molecular weight is 754 g/mol. The van der Waals surface area contributed by atoms with E-state index in [0.29, 0.717) is 35.9 Å². The number of phenols is 1. The van der Waals surface area contributed by atoms with E-state index in [1.54, 1.807) is 18.3 Å². The zero-order valence-electron chi connectivity index (χ0n) is 31.9. The Hall–Kier alpha value is -5.29. The highest BCUT2D eigenvalue weighted by Gasteiger charge is 2.58. The molecule has 9 rings (SSSR count). The van der Waals surface area contributed by atoms with Crippen molar-refractivity contribution in [3.63, 3.8) is 0 Å². The lowest BCUT2D eigenvalue weighted by molar-refractivity contribution is -0.169. The van der Waals surface area contributed by atoms with Crippen molar-refractivity contribution in [2.24, 2.45) is 11.3 Å². The second kappa shape index (κ2) is 15.0. The minimum atomic E-state index is -0.555. The number of rotatable bonds is 9. The van der Waals surface area contributed by atoms with Gasteiger partial charge in [-0.2, -0.15) is 10.2 Å². The third kappa shape index (κ3) is 6.91. The van der Waals surface area contributed by atoms with Crippen LogP contribution in [0.4, 0.5) is 11.4 Å². The number of anilines is 2. The number of carbonyl (C=O) groups excluding carboxylic acids is 3. The van der Waals surface area contributed by atoms with Gasteiger partial charge in [0.25, 0.3) is 0 Å². The number of aromatic nitrogens is 2. The van der Waals surface area contributed by atoms with Crippen LogP contribution in [0, 0.1) is 11.3 Å². The molecule has 3 aromatic carbocycles. The SMILES string of the molecule is O=C1CC[C@@H](Nc2ccc(C3CCN(CC4CCC45CN(C(=O)C4(c6ccccc6)CCN(c6cnnc(-c7ccccc7O)c6)CC4)C5)CC3)cc2)C(=O)N1. The second-order valence-electron chi connectivity index (χ2n) is 16.9. The van der Waals surface area contributed by atoms with Crippen molar-refractivity contribution in [3.05, 3.63) is 102 Å². The number of para-hydroxylation sites is 1. The summed E-state index contributed by atoms with van der Waals surface area (Å²) < 4.78 is 0. The van der Waals surface area contributed by atoms with Crippen LogP contribution in [-0.4, -0.2) is 94.7 Å². The third-order valence-corrected chi connectivity index (χ3v) is 13.7. The van der Waals surface area contributed by atoms with E-state index in [1.807, 2.05) is 24.3 Å². The van der Waals surface area contributed by atoms with Crippen molar-refractivity contribution in [3.8, 4) is 17.0 Å². The van der Waals surface area contributed by atoms with E-state index in [1.165, 1.54) is 18.4 Å². The van der Waals surface area contributed by atoms with Crippen molar-refractivity contribution < 1.29 is 19.5 Å². The van der Waals surface area contributed by atoms with Gasteiger partial charge in [0, 0.05) is 55.8 Å². The Labute approximate surface area is 328 Å². The second-order valence-corrected chi connectivity index (χ2v) is 16.9. The number of amides is 3. The van der Waals surface area contributed by atoms with Crippen LogP contribution in [0.15, 0.2) is 91.1 Å². The lowest BCUT2D eigenvalue weighted by atomic mass is 9.55. The normalized spacial score (nSPS) is 23.6. The summed E-state index contributed by atoms with van der Waals surface area (Å²) in [5.41, 5.74) is 5.30. The highest BCUT2D eigenvalue weighted by molar-refractivity contribution is 6.01. The van der Waals surface area contributed by atoms with Crippen LogP contribution in [0.25, 0.3) is 11.3 Å². The van der Waals surface area contributed by atoms with Crippen LogP contribution in [-0.2, 0) is 19.8 Å². The Kier molecular flexibility index (Phi) is 9.73. The predicted octanol–water partition coefficient (Wildman–Crippen LogP) is 5.72. The number of carbonyl (C=O) groups is 3. The molecule has 1 unspecified atom stereocenters. The molecule has 3 amide bonds. The summed E-state index contributed by atoms with van der Waals surface area (Å²) in [6, 6.07) is 27.7. The van der Waals surface area contributed by atoms with E-state index >= 15 is 0 Å². The van der Waals surface area contributed by atoms with E-state index in [4.69, 9.17) is 0 Å². The molecule has 5 aliphatic rings. The van der Waals surface area contributed by atoms with Gasteiger partial charge in [-0.3, -0.25) is 19.7 Å². The first-order chi connectivity index (χ1) is 27.3. The third-order valence-electron chi connectivity index (χ3n) is 13.7. The van der Waals surface area contributed by atoms with Crippen LogP contribution >= 0.6 is 0 Å². The van der Waals surface area contributed by atoms with Crippen LogP contribution < -0.4 is 15.5 Å². The fourth-order valence-corrected chi connectivity index (χ4v) is 10.1. The summed E-state index contributed by atoms with van der Waals surface area (Å²) in [6.45, 7) is 6.48. The lowest BCUT2D eigenvalue weighted by Crippen LogP contribution is -2.70. The molecular formula is C45H51N7O4. The summed E-state index contributed by atoms with van der Waals surface area (Å²) in [5, 5.41) is 24.7. The number of nitrogens with one attached hydrogen (secondary N) is 2. The number of hydrogen-bond acceptors (Lipinski definition) is 9. The summed E-state index contributed by atoms with van der Waals surface area (Å²) in [5.74, 6) is 1.17. The van der Waals surface area contributed by atoms with Gasteiger partial charge < -0.3 is 25.1 Å². The van der Waals surface area contributed by atoms with Gasteiger partial charge in [-0.05, 0) is 111 Å². The summed E-state index contributed by atoms with van der Waals surface area (Å²) in [6.07, 6.45) is 8.83. The molecule has 11 nitrogen and oxygen atoms in total. The van der Waals surface area contributed by atoms with Gasteiger partial charge in [0.1, 0.15) is 11.8 Å². The Morgan fingerprint density at radius 1 is 0.857 bits per heavy atom. The summed E-state index contributed by atoms with van der Waals surface area (Å²) in [4.78, 5) is 45.5. The molecule has 4 aromatic rings. The molecule has 4 saturated heterocycles. The summed E-state index contributed by atoms with van der Waals surface area (Å²) >= 11 is 0. The molecule has 11 heteroatoms. The maximum absolute atomic E-state index is 14.7. The zero-order chi connectivity index (χ0) is 38.3. The zero-order valence-corrected chi connectivity index (χ0v) is 31.9. The molecule has 2 atom stereocenters. The molecule has 1 spiro atoms. The van der Waals surface area contributed by atoms with E-state index in [9.17, 15) is 19.5 Å². The Morgan fingerprint density at radius 3 is 2.29 bits per heavy atom. The van der Waals surface area contributed by atoms with Crippen LogP contribution in [0.1, 0.15) is 68.4 Å². The van der Waals surface area contributed by atoms with Crippen molar-refractivity contribution in [1.82, 2.24) is 25.3 Å². The summed E-state index contributed by atoms with van der Waals surface area (Å²) in [7, 11) is 0. The minimum Gasteiger partial charge on any atom is -0.507 e. The van der Waals surface area contributed by atoms with Gasteiger partial charge >= 0.3 is 0 Å². The monoisotopic (exact) mass is 753 g/mol. The van der Waals surface area contributed by atoms with Crippen molar-refractivity contribution >= 4 is 29.1 Å². The first kappa shape index (κ1) is 36.4.